The van der Waals surface area contributed by atoms with E-state index in [1.54, 1.807) is 19.4 Å². The van der Waals surface area contributed by atoms with Gasteiger partial charge in [-0.2, -0.15) is 0 Å². The summed E-state index contributed by atoms with van der Waals surface area (Å²) in [6.07, 6.45) is 12.3. The summed E-state index contributed by atoms with van der Waals surface area (Å²) in [7, 11) is 0. The van der Waals surface area contributed by atoms with Crippen LogP contribution in [0.4, 0.5) is 5.69 Å². The maximum Gasteiger partial charge on any atom is 0.271 e. The first kappa shape index (κ1) is 23.5. The smallest absolute Gasteiger partial charge is 0.271 e. The predicted octanol–water partition coefficient (Wildman–Crippen LogP) is 4.22. The van der Waals surface area contributed by atoms with E-state index in [1.165, 1.54) is 37.7 Å². The van der Waals surface area contributed by atoms with E-state index in [-0.39, 0.29) is 11.8 Å². The third-order valence-corrected chi connectivity index (χ3v) is 7.11. The molecule has 1 aromatic heterocycles. The van der Waals surface area contributed by atoms with Crippen molar-refractivity contribution >= 4 is 17.5 Å². The molecule has 2 aliphatic heterocycles. The fraction of sp³-hybridized carbons (Fsp3) is 0.577. The van der Waals surface area contributed by atoms with Crippen molar-refractivity contribution in [2.75, 3.05) is 31.1 Å². The number of anilines is 1. The molecular weight excluding hydrogens is 414 g/mol. The summed E-state index contributed by atoms with van der Waals surface area (Å²) in [6.45, 7) is 5.91. The number of hydrogen-bond acceptors (Lipinski definition) is 4. The Morgan fingerprint density at radius 2 is 1.64 bits per heavy atom. The number of H-pyrrole nitrogens is 1. The summed E-state index contributed by atoms with van der Waals surface area (Å²) >= 11 is 0. The molecule has 0 radical (unpaired) electrons. The fourth-order valence-electron chi connectivity index (χ4n) is 5.23. The lowest BCUT2D eigenvalue weighted by Crippen LogP contribution is -2.47. The molecule has 3 heterocycles. The molecule has 0 unspecified atom stereocenters. The zero-order valence-electron chi connectivity index (χ0n) is 19.8. The molecule has 0 bridgehead atoms. The van der Waals surface area contributed by atoms with Crippen LogP contribution in [-0.2, 0) is 11.3 Å². The zero-order chi connectivity index (χ0) is 23.0. The van der Waals surface area contributed by atoms with E-state index in [9.17, 15) is 9.59 Å². The van der Waals surface area contributed by atoms with Gasteiger partial charge in [-0.05, 0) is 43.9 Å². The first-order valence-electron chi connectivity index (χ1n) is 12.5. The molecule has 2 aliphatic rings. The van der Waals surface area contributed by atoms with Crippen molar-refractivity contribution in [3.05, 3.63) is 48.0 Å². The second-order valence-electron chi connectivity index (χ2n) is 9.38. The number of para-hydroxylation sites is 1. The highest BCUT2D eigenvalue weighted by Gasteiger charge is 2.28. The second-order valence-corrected chi connectivity index (χ2v) is 9.38. The molecule has 0 spiro atoms. The van der Waals surface area contributed by atoms with Gasteiger partial charge in [-0.1, -0.05) is 43.9 Å². The normalized spacial score (nSPS) is 19.8. The number of aromatic nitrogens is 2. The molecule has 0 atom stereocenters. The molecule has 178 valence electrons. The number of piperidine rings is 1. The summed E-state index contributed by atoms with van der Waals surface area (Å²) in [6, 6.07) is 8.84. The molecule has 1 aromatic carbocycles. The van der Waals surface area contributed by atoms with Gasteiger partial charge >= 0.3 is 0 Å². The number of likely N-dealkylation sites (tertiary alicyclic amines) is 1. The quantitative estimate of drug-likeness (QED) is 0.742. The van der Waals surface area contributed by atoms with E-state index in [4.69, 9.17) is 0 Å². The highest BCUT2D eigenvalue weighted by Crippen LogP contribution is 2.27. The fourth-order valence-corrected chi connectivity index (χ4v) is 5.23. The minimum atomic E-state index is 0.0401. The minimum Gasteiger partial charge on any atom is -0.341 e. The van der Waals surface area contributed by atoms with Gasteiger partial charge < -0.3 is 14.8 Å². The second kappa shape index (κ2) is 11.5. The predicted molar refractivity (Wildman–Crippen MR) is 130 cm³/mol. The molecule has 7 heteroatoms. The molecule has 33 heavy (non-hydrogen) atoms. The van der Waals surface area contributed by atoms with E-state index >= 15 is 0 Å². The van der Waals surface area contributed by atoms with Crippen molar-refractivity contribution in [3.8, 4) is 0 Å². The van der Waals surface area contributed by atoms with Gasteiger partial charge in [0.05, 0.1) is 12.5 Å². The molecular formula is C26H37N5O2. The minimum absolute atomic E-state index is 0.0401. The number of aromatic amines is 1. The molecule has 4 rings (SSSR count). The third kappa shape index (κ3) is 6.02. The van der Waals surface area contributed by atoms with Gasteiger partial charge in [0.2, 0.25) is 5.91 Å². The molecule has 0 saturated carbocycles. The first-order valence-corrected chi connectivity index (χ1v) is 12.5. The van der Waals surface area contributed by atoms with Gasteiger partial charge in [0.15, 0.2) is 0 Å². The van der Waals surface area contributed by atoms with Crippen LogP contribution >= 0.6 is 0 Å². The molecule has 1 saturated heterocycles. The Morgan fingerprint density at radius 1 is 0.939 bits per heavy atom. The summed E-state index contributed by atoms with van der Waals surface area (Å²) in [5, 5.41) is 0. The van der Waals surface area contributed by atoms with E-state index in [0.717, 1.165) is 57.7 Å². The summed E-state index contributed by atoms with van der Waals surface area (Å²) < 4.78 is 0. The lowest BCUT2D eigenvalue weighted by Gasteiger charge is -2.39. The Kier molecular flexibility index (Phi) is 8.15. The zero-order valence-corrected chi connectivity index (χ0v) is 19.8. The monoisotopic (exact) mass is 451 g/mol. The number of nitrogens with zero attached hydrogens (tertiary/aromatic N) is 4. The standard InChI is InChI=1S/C26H37N5O2/c1-21(32)31-15-9-5-3-2-4-8-14-30(19-22-10-6-7-11-25(22)31)23-12-16-29(17-13-23)26(33)24-18-27-20-28-24/h6-7,10-11,18,20,23H,2-5,8-9,12-17,19H2,1H3,(H,27,28). The van der Waals surface area contributed by atoms with Gasteiger partial charge in [-0.15, -0.1) is 0 Å². The van der Waals surface area contributed by atoms with Crippen LogP contribution in [0.3, 0.4) is 0 Å². The molecule has 2 aromatic rings. The van der Waals surface area contributed by atoms with E-state index in [2.05, 4.69) is 33.1 Å². The number of carbonyl (C=O) groups excluding carboxylic acids is 2. The number of hydrogen-bond donors (Lipinski definition) is 1. The lowest BCUT2D eigenvalue weighted by molar-refractivity contribution is -0.116. The van der Waals surface area contributed by atoms with E-state index in [1.807, 2.05) is 15.9 Å². The number of rotatable bonds is 2. The summed E-state index contributed by atoms with van der Waals surface area (Å²) in [5.41, 5.74) is 2.85. The molecule has 1 fully saturated rings. The van der Waals surface area contributed by atoms with E-state index in [0.29, 0.717) is 11.7 Å². The Hall–Kier alpha value is -2.67. The van der Waals surface area contributed by atoms with Crippen LogP contribution in [0, 0.1) is 0 Å². The first-order chi connectivity index (χ1) is 16.1. The molecule has 1 N–H and O–H groups in total. The van der Waals surface area contributed by atoms with Gasteiger partial charge in [-0.3, -0.25) is 14.5 Å². The number of amides is 2. The van der Waals surface area contributed by atoms with Crippen LogP contribution in [0.5, 0.6) is 0 Å². The number of imidazole rings is 1. The number of benzene rings is 1. The Bertz CT molecular complexity index is 905. The maximum absolute atomic E-state index is 12.7. The van der Waals surface area contributed by atoms with Crippen LogP contribution in [0.1, 0.15) is 74.3 Å². The summed E-state index contributed by atoms with van der Waals surface area (Å²) in [5.74, 6) is 0.160. The molecule has 7 nitrogen and oxygen atoms in total. The number of fused-ring (bicyclic) bond motifs is 1. The highest BCUT2D eigenvalue weighted by molar-refractivity contribution is 5.92. The van der Waals surface area contributed by atoms with Gasteiger partial charge in [0.25, 0.3) is 5.91 Å². The SMILES string of the molecule is CC(=O)N1CCCCCCCCN(C2CCN(C(=O)c3cnc[nH]3)CC2)Cc2ccccc21. The van der Waals surface area contributed by atoms with Crippen LogP contribution in [-0.4, -0.2) is 63.8 Å². The number of carbonyl (C=O) groups is 2. The Morgan fingerprint density at radius 3 is 2.33 bits per heavy atom. The number of nitrogens with one attached hydrogen (secondary N) is 1. The van der Waals surface area contributed by atoms with E-state index < -0.39 is 0 Å². The highest BCUT2D eigenvalue weighted by atomic mass is 16.2. The average Bonchev–Trinajstić information content (AvgIpc) is 3.37. The van der Waals surface area contributed by atoms with Crippen LogP contribution in [0.2, 0.25) is 0 Å². The van der Waals surface area contributed by atoms with Crippen molar-refractivity contribution in [2.45, 2.75) is 70.9 Å². The Labute approximate surface area is 197 Å². The lowest BCUT2D eigenvalue weighted by atomic mass is 10.0. The molecule has 2 amide bonds. The Balaban J connectivity index is 1.49. The summed E-state index contributed by atoms with van der Waals surface area (Å²) in [4.78, 5) is 38.6. The topological polar surface area (TPSA) is 72.5 Å². The van der Waals surface area contributed by atoms with Crippen molar-refractivity contribution in [1.29, 1.82) is 0 Å². The maximum atomic E-state index is 12.7. The van der Waals surface area contributed by atoms with Gasteiger partial charge in [0.1, 0.15) is 5.69 Å². The third-order valence-electron chi connectivity index (χ3n) is 7.11. The van der Waals surface area contributed by atoms with Gasteiger partial charge in [-0.25, -0.2) is 4.98 Å². The van der Waals surface area contributed by atoms with Crippen molar-refractivity contribution < 1.29 is 9.59 Å². The van der Waals surface area contributed by atoms with Crippen LogP contribution in [0.25, 0.3) is 0 Å². The van der Waals surface area contributed by atoms with Crippen molar-refractivity contribution in [2.24, 2.45) is 0 Å². The molecule has 0 aliphatic carbocycles. The average molecular weight is 452 g/mol. The van der Waals surface area contributed by atoms with Gasteiger partial charge in [0, 0.05) is 44.8 Å². The largest absolute Gasteiger partial charge is 0.341 e. The van der Waals surface area contributed by atoms with Crippen molar-refractivity contribution in [1.82, 2.24) is 19.8 Å². The van der Waals surface area contributed by atoms with Crippen molar-refractivity contribution in [3.63, 3.8) is 0 Å². The van der Waals surface area contributed by atoms with Crippen LogP contribution in [0.15, 0.2) is 36.8 Å². The van der Waals surface area contributed by atoms with Crippen LogP contribution < -0.4 is 4.90 Å².